The Bertz CT molecular complexity index is 1430. The van der Waals surface area contributed by atoms with Crippen LogP contribution in [0.5, 0.6) is 0 Å². The zero-order valence-corrected chi connectivity index (χ0v) is 18.3. The SMILES string of the molecule is Cc1cc(F)ccc1-c1nc(NC2CCOCC2)nc2c1ccc(=O)n2-c1c(F)cccc1F. The van der Waals surface area contributed by atoms with Crippen LogP contribution in [0.3, 0.4) is 0 Å². The van der Waals surface area contributed by atoms with E-state index < -0.39 is 28.7 Å². The first kappa shape index (κ1) is 22.1. The lowest BCUT2D eigenvalue weighted by molar-refractivity contribution is 0.0903. The molecule has 0 amide bonds. The van der Waals surface area contributed by atoms with E-state index in [1.165, 1.54) is 30.3 Å². The molecule has 1 saturated heterocycles. The molecule has 5 rings (SSSR count). The smallest absolute Gasteiger partial charge is 0.256 e. The maximum Gasteiger partial charge on any atom is 0.256 e. The van der Waals surface area contributed by atoms with Gasteiger partial charge in [0.1, 0.15) is 23.1 Å². The Morgan fingerprint density at radius 3 is 2.44 bits per heavy atom. The summed E-state index contributed by atoms with van der Waals surface area (Å²) in [5.41, 5.74) is 0.529. The van der Waals surface area contributed by atoms with Crippen LogP contribution in [-0.4, -0.2) is 33.8 Å². The summed E-state index contributed by atoms with van der Waals surface area (Å²) in [5, 5.41) is 3.66. The first-order chi connectivity index (χ1) is 16.4. The summed E-state index contributed by atoms with van der Waals surface area (Å²) in [6.07, 6.45) is 1.46. The van der Waals surface area contributed by atoms with Crippen molar-refractivity contribution in [1.29, 1.82) is 0 Å². The molecule has 9 heteroatoms. The summed E-state index contributed by atoms with van der Waals surface area (Å²) in [5.74, 6) is -1.99. The van der Waals surface area contributed by atoms with Gasteiger partial charge in [-0.2, -0.15) is 4.98 Å². The van der Waals surface area contributed by atoms with E-state index in [4.69, 9.17) is 4.74 Å². The van der Waals surface area contributed by atoms with Gasteiger partial charge in [0.2, 0.25) is 5.95 Å². The van der Waals surface area contributed by atoms with Crippen molar-refractivity contribution in [3.8, 4) is 16.9 Å². The Morgan fingerprint density at radius 1 is 1.00 bits per heavy atom. The molecule has 34 heavy (non-hydrogen) atoms. The lowest BCUT2D eigenvalue weighted by atomic mass is 10.0. The number of fused-ring (bicyclic) bond motifs is 1. The van der Waals surface area contributed by atoms with Gasteiger partial charge in [0.15, 0.2) is 5.65 Å². The monoisotopic (exact) mass is 466 g/mol. The fourth-order valence-corrected chi connectivity index (χ4v) is 4.22. The number of benzene rings is 2. The third-order valence-corrected chi connectivity index (χ3v) is 5.91. The molecule has 4 aromatic rings. The van der Waals surface area contributed by atoms with Gasteiger partial charge in [0.05, 0.1) is 5.69 Å². The van der Waals surface area contributed by atoms with Crippen LogP contribution in [0.25, 0.3) is 28.0 Å². The molecule has 0 saturated carbocycles. The van der Waals surface area contributed by atoms with E-state index in [-0.39, 0.29) is 17.6 Å². The van der Waals surface area contributed by atoms with Crippen LogP contribution < -0.4 is 10.9 Å². The fraction of sp³-hybridized carbons (Fsp3) is 0.240. The van der Waals surface area contributed by atoms with Crippen LogP contribution in [0, 0.1) is 24.4 Å². The number of ether oxygens (including phenoxy) is 1. The van der Waals surface area contributed by atoms with E-state index in [0.717, 1.165) is 29.5 Å². The molecule has 1 aliphatic heterocycles. The summed E-state index contributed by atoms with van der Waals surface area (Å²) < 4.78 is 49.6. The van der Waals surface area contributed by atoms with Gasteiger partial charge in [-0.25, -0.2) is 18.2 Å². The number of halogens is 3. The van der Waals surface area contributed by atoms with Crippen molar-refractivity contribution >= 4 is 17.0 Å². The number of hydrogen-bond acceptors (Lipinski definition) is 5. The van der Waals surface area contributed by atoms with Crippen molar-refractivity contribution in [2.24, 2.45) is 0 Å². The number of pyridine rings is 1. The number of para-hydroxylation sites is 1. The summed E-state index contributed by atoms with van der Waals surface area (Å²) in [7, 11) is 0. The topological polar surface area (TPSA) is 69.0 Å². The highest BCUT2D eigenvalue weighted by molar-refractivity contribution is 5.93. The number of rotatable bonds is 4. The van der Waals surface area contributed by atoms with Crippen molar-refractivity contribution in [1.82, 2.24) is 14.5 Å². The van der Waals surface area contributed by atoms with Crippen molar-refractivity contribution in [2.45, 2.75) is 25.8 Å². The second-order valence-corrected chi connectivity index (χ2v) is 8.20. The molecule has 6 nitrogen and oxygen atoms in total. The van der Waals surface area contributed by atoms with E-state index >= 15 is 0 Å². The quantitative estimate of drug-likeness (QED) is 0.470. The molecule has 3 heterocycles. The Labute approximate surface area is 193 Å². The summed E-state index contributed by atoms with van der Waals surface area (Å²) in [6.45, 7) is 2.91. The Kier molecular flexibility index (Phi) is 5.79. The predicted molar refractivity (Wildman–Crippen MR) is 123 cm³/mol. The van der Waals surface area contributed by atoms with Gasteiger partial charge >= 0.3 is 0 Å². The highest BCUT2D eigenvalue weighted by atomic mass is 19.1. The molecule has 0 spiro atoms. The second-order valence-electron chi connectivity index (χ2n) is 8.20. The molecular weight excluding hydrogens is 445 g/mol. The van der Waals surface area contributed by atoms with Gasteiger partial charge in [-0.1, -0.05) is 6.07 Å². The number of aromatic nitrogens is 3. The molecule has 2 aromatic carbocycles. The third kappa shape index (κ3) is 4.03. The van der Waals surface area contributed by atoms with Crippen LogP contribution in [0.2, 0.25) is 0 Å². The largest absolute Gasteiger partial charge is 0.381 e. The molecule has 0 atom stereocenters. The highest BCUT2D eigenvalue weighted by Gasteiger charge is 2.22. The zero-order chi connectivity index (χ0) is 23.8. The molecule has 0 bridgehead atoms. The van der Waals surface area contributed by atoms with Crippen LogP contribution in [0.1, 0.15) is 18.4 Å². The molecule has 0 radical (unpaired) electrons. The van der Waals surface area contributed by atoms with E-state index in [1.54, 1.807) is 13.0 Å². The summed E-state index contributed by atoms with van der Waals surface area (Å²) in [6, 6.07) is 10.4. The van der Waals surface area contributed by atoms with E-state index in [9.17, 15) is 18.0 Å². The average Bonchev–Trinajstić information content (AvgIpc) is 2.80. The van der Waals surface area contributed by atoms with Gasteiger partial charge in [-0.05, 0) is 61.7 Å². The minimum Gasteiger partial charge on any atom is -0.381 e. The molecule has 1 aliphatic rings. The Balaban J connectivity index is 1.81. The predicted octanol–water partition coefficient (Wildman–Crippen LogP) is 4.76. The summed E-state index contributed by atoms with van der Waals surface area (Å²) >= 11 is 0. The lowest BCUT2D eigenvalue weighted by Gasteiger charge is -2.24. The molecule has 174 valence electrons. The van der Waals surface area contributed by atoms with Gasteiger partial charge in [-0.3, -0.25) is 9.36 Å². The number of nitrogens with zero attached hydrogens (tertiary/aromatic N) is 3. The van der Waals surface area contributed by atoms with Gasteiger partial charge in [0.25, 0.3) is 5.56 Å². The van der Waals surface area contributed by atoms with Gasteiger partial charge in [0, 0.05) is 36.3 Å². The first-order valence-electron chi connectivity index (χ1n) is 10.9. The maximum atomic E-state index is 14.7. The highest BCUT2D eigenvalue weighted by Crippen LogP contribution is 2.31. The van der Waals surface area contributed by atoms with Gasteiger partial charge in [-0.15, -0.1) is 0 Å². The van der Waals surface area contributed by atoms with Crippen molar-refractivity contribution in [2.75, 3.05) is 18.5 Å². The van der Waals surface area contributed by atoms with Crippen LogP contribution in [0.15, 0.2) is 53.3 Å². The summed E-state index contributed by atoms with van der Waals surface area (Å²) in [4.78, 5) is 22.1. The molecule has 2 aromatic heterocycles. The van der Waals surface area contributed by atoms with E-state index in [2.05, 4.69) is 15.3 Å². The first-order valence-corrected chi connectivity index (χ1v) is 10.9. The van der Waals surface area contributed by atoms with Gasteiger partial charge < -0.3 is 10.1 Å². The van der Waals surface area contributed by atoms with Crippen LogP contribution in [-0.2, 0) is 4.74 Å². The second kappa shape index (κ2) is 8.90. The minimum absolute atomic E-state index is 0.0300. The number of aryl methyl sites for hydroxylation is 1. The van der Waals surface area contributed by atoms with Crippen LogP contribution >= 0.6 is 0 Å². The molecule has 0 unspecified atom stereocenters. The van der Waals surface area contributed by atoms with Crippen molar-refractivity contribution < 1.29 is 17.9 Å². The number of hydrogen-bond donors (Lipinski definition) is 1. The lowest BCUT2D eigenvalue weighted by Crippen LogP contribution is -2.29. The van der Waals surface area contributed by atoms with Crippen molar-refractivity contribution in [3.05, 3.63) is 81.9 Å². The maximum absolute atomic E-state index is 14.7. The van der Waals surface area contributed by atoms with Crippen molar-refractivity contribution in [3.63, 3.8) is 0 Å². The van der Waals surface area contributed by atoms with E-state index in [1.807, 2.05) is 0 Å². The molecular formula is C25H21F3N4O2. The Hall–Kier alpha value is -3.72. The zero-order valence-electron chi connectivity index (χ0n) is 18.3. The van der Waals surface area contributed by atoms with Crippen LogP contribution in [0.4, 0.5) is 19.1 Å². The molecule has 0 aliphatic carbocycles. The molecule has 1 N–H and O–H groups in total. The normalized spacial score (nSPS) is 14.5. The molecule has 1 fully saturated rings. The number of nitrogens with one attached hydrogen (secondary N) is 1. The van der Waals surface area contributed by atoms with E-state index in [0.29, 0.717) is 35.4 Å². The fourth-order valence-electron chi connectivity index (χ4n) is 4.22. The average molecular weight is 466 g/mol. The Morgan fingerprint density at radius 2 is 1.74 bits per heavy atom. The number of anilines is 1. The minimum atomic E-state index is -0.897. The standard InChI is InChI=1S/C25H21F3N4O2/c1-14-13-15(26)5-6-17(14)22-18-7-8-21(33)32(23-19(27)3-2-4-20(23)28)24(18)31-25(30-22)29-16-9-11-34-12-10-16/h2-8,13,16H,9-12H2,1H3,(H,29,30,31). The third-order valence-electron chi connectivity index (χ3n) is 5.91.